The van der Waals surface area contributed by atoms with E-state index in [-0.39, 0.29) is 68.8 Å². The van der Waals surface area contributed by atoms with E-state index >= 15 is 4.79 Å². The summed E-state index contributed by atoms with van der Waals surface area (Å²) in [4.78, 5) is 34.4. The molecular formula is C59H63N3O13. The van der Waals surface area contributed by atoms with Gasteiger partial charge in [-0.15, -0.1) is 6.58 Å². The van der Waals surface area contributed by atoms with Crippen molar-refractivity contribution in [1.82, 2.24) is 4.90 Å². The first-order valence-electron chi connectivity index (χ1n) is 26.1. The summed E-state index contributed by atoms with van der Waals surface area (Å²) in [6.45, 7) is 4.77. The third-order valence-corrected chi connectivity index (χ3v) is 14.9. The van der Waals surface area contributed by atoms with Gasteiger partial charge in [-0.1, -0.05) is 78.7 Å². The van der Waals surface area contributed by atoms with Crippen molar-refractivity contribution >= 4 is 17.5 Å². The zero-order valence-electron chi connectivity index (χ0n) is 41.8. The number of carbonyl (C=O) groups excluding carboxylic acids is 1. The highest BCUT2D eigenvalue weighted by molar-refractivity contribution is 6.03. The molecule has 3 heterocycles. The second-order valence-corrected chi connectivity index (χ2v) is 19.6. The molecule has 0 spiro atoms. The van der Waals surface area contributed by atoms with E-state index in [2.05, 4.69) is 30.9 Å². The monoisotopic (exact) mass is 1020 g/mol. The number of aliphatic hydroxyl groups is 2. The summed E-state index contributed by atoms with van der Waals surface area (Å²) in [7, 11) is 0. The van der Waals surface area contributed by atoms with Gasteiger partial charge < -0.3 is 48.2 Å². The van der Waals surface area contributed by atoms with E-state index < -0.39 is 35.1 Å². The van der Waals surface area contributed by atoms with Crippen LogP contribution in [-0.2, 0) is 20.9 Å². The second kappa shape index (κ2) is 23.5. The van der Waals surface area contributed by atoms with Crippen molar-refractivity contribution in [2.45, 2.75) is 94.8 Å². The number of aliphatic hydroxyl groups excluding tert-OH is 2. The number of carbonyl (C=O) groups is 1. The molecule has 10 rings (SSSR count). The fraction of sp³-hybridized carbons (Fsp3) is 0.390. The number of oxime groups is 1. The predicted octanol–water partition coefficient (Wildman–Crippen LogP) is 11.6. The van der Waals surface area contributed by atoms with Crippen LogP contribution in [-0.4, -0.2) is 83.2 Å². The Bertz CT molecular complexity index is 2850. The number of rotatable bonds is 21. The standard InChI is InChI=1S/C59H63N3O13/c1-2-31-71-59-54(61(37-39-17-27-52-53(33-39)70-38-69-52)58(65)73-45-24-20-43(21-25-45)62(66)67)36-50(60-75-55-16-8-11-32-68-55)48-34-42(14-6-9-29-63)47(15-7-10-30-64)56(57(48)59)49-35-46(26-28-51(49)74-59)72-44-22-18-41(19-23-44)40-12-4-3-5-13-40/h2-5,12-13,17-28,33-35,42,47,54-57,63-64H,1,6-11,14-16,29-32,36-38H2. The Morgan fingerprint density at radius 2 is 1.57 bits per heavy atom. The number of nitro groups is 1. The fourth-order valence-electron chi connectivity index (χ4n) is 11.4. The highest BCUT2D eigenvalue weighted by atomic mass is 16.8. The Morgan fingerprint density at radius 1 is 0.840 bits per heavy atom. The molecule has 0 radical (unpaired) electrons. The summed E-state index contributed by atoms with van der Waals surface area (Å²) in [5.41, 5.74) is 5.00. The molecule has 0 bridgehead atoms. The SMILES string of the molecule is C=CCOC12Oc3ccc(Oc4ccc(-c5ccccc5)cc4)cc3C3C(CCCCO)C(CCCCO)C=C(C(=NOC4CCCCO4)CC1N(Cc1ccc4c(c1)OCO4)C(=O)Oc1ccc([N+](=O)[O-])cc1)C32. The number of ether oxygens (including phenoxy) is 7. The lowest BCUT2D eigenvalue weighted by atomic mass is 9.55. The molecule has 0 aromatic heterocycles. The van der Waals surface area contributed by atoms with E-state index in [4.69, 9.17) is 43.2 Å². The van der Waals surface area contributed by atoms with Crippen molar-refractivity contribution in [2.24, 2.45) is 22.9 Å². The number of unbranched alkanes of at least 4 members (excludes halogenated alkanes) is 2. The van der Waals surface area contributed by atoms with Crippen LogP contribution in [0.5, 0.6) is 34.5 Å². The predicted molar refractivity (Wildman–Crippen MR) is 279 cm³/mol. The minimum atomic E-state index is -1.64. The van der Waals surface area contributed by atoms with Crippen molar-refractivity contribution in [3.8, 4) is 45.6 Å². The Balaban J connectivity index is 1.14. The van der Waals surface area contributed by atoms with Gasteiger partial charge in [0.2, 0.25) is 18.9 Å². The zero-order valence-corrected chi connectivity index (χ0v) is 41.8. The third-order valence-electron chi connectivity index (χ3n) is 14.9. The van der Waals surface area contributed by atoms with Gasteiger partial charge in [0.25, 0.3) is 5.69 Å². The molecule has 5 aliphatic rings. The topological polar surface area (TPSA) is 190 Å². The summed E-state index contributed by atoms with van der Waals surface area (Å²) >= 11 is 0. The fourth-order valence-corrected chi connectivity index (χ4v) is 11.4. The Hall–Kier alpha value is -7.24. The van der Waals surface area contributed by atoms with Crippen LogP contribution in [0.4, 0.5) is 10.5 Å². The largest absolute Gasteiger partial charge is 0.459 e. The van der Waals surface area contributed by atoms with Crippen LogP contribution in [0.25, 0.3) is 11.1 Å². The lowest BCUT2D eigenvalue weighted by molar-refractivity contribution is -0.384. The molecule has 2 N–H and O–H groups in total. The minimum Gasteiger partial charge on any atom is -0.459 e. The van der Waals surface area contributed by atoms with Crippen LogP contribution >= 0.6 is 0 Å². The van der Waals surface area contributed by atoms with Gasteiger partial charge in [-0.05, 0) is 127 Å². The van der Waals surface area contributed by atoms with E-state index in [1.807, 2.05) is 66.7 Å². The number of amides is 1. The van der Waals surface area contributed by atoms with Crippen LogP contribution in [0.1, 0.15) is 81.3 Å². The summed E-state index contributed by atoms with van der Waals surface area (Å²) < 4.78 is 45.1. The van der Waals surface area contributed by atoms with Crippen molar-refractivity contribution in [3.05, 3.63) is 161 Å². The lowest BCUT2D eigenvalue weighted by Gasteiger charge is -2.59. The Morgan fingerprint density at radius 3 is 2.32 bits per heavy atom. The highest BCUT2D eigenvalue weighted by Gasteiger charge is 2.66. The van der Waals surface area contributed by atoms with Gasteiger partial charge in [-0.3, -0.25) is 15.0 Å². The van der Waals surface area contributed by atoms with Crippen molar-refractivity contribution in [2.75, 3.05) is 33.2 Å². The maximum Gasteiger partial charge on any atom is 0.416 e. The smallest absolute Gasteiger partial charge is 0.416 e. The van der Waals surface area contributed by atoms with Gasteiger partial charge in [0.1, 0.15) is 29.0 Å². The van der Waals surface area contributed by atoms with Crippen LogP contribution in [0.15, 0.2) is 145 Å². The third kappa shape index (κ3) is 11.2. The van der Waals surface area contributed by atoms with Crippen LogP contribution < -0.4 is 23.7 Å². The van der Waals surface area contributed by atoms with Crippen molar-refractivity contribution in [3.63, 3.8) is 0 Å². The number of non-ortho nitro benzene ring substituents is 1. The molecule has 1 amide bonds. The summed E-state index contributed by atoms with van der Waals surface area (Å²) in [6.07, 6.45) is 9.35. The number of nitro benzene ring substituents is 1. The van der Waals surface area contributed by atoms with Crippen LogP contribution in [0, 0.1) is 27.9 Å². The summed E-state index contributed by atoms with van der Waals surface area (Å²) in [5, 5.41) is 36.9. The normalized spacial score (nSPS) is 23.7. The molecule has 5 aromatic carbocycles. The molecule has 7 atom stereocenters. The number of allylic oxidation sites excluding steroid dienone is 1. The number of hydrogen-bond acceptors (Lipinski definition) is 14. The van der Waals surface area contributed by atoms with Crippen molar-refractivity contribution < 1.29 is 57.9 Å². The first-order chi connectivity index (χ1) is 36.7. The van der Waals surface area contributed by atoms with Gasteiger partial charge in [-0.25, -0.2) is 4.79 Å². The van der Waals surface area contributed by atoms with Gasteiger partial charge in [-0.2, -0.15) is 0 Å². The molecule has 16 nitrogen and oxygen atoms in total. The maximum atomic E-state index is 15.3. The van der Waals surface area contributed by atoms with E-state index in [9.17, 15) is 20.3 Å². The Labute approximate surface area is 436 Å². The van der Waals surface area contributed by atoms with Gasteiger partial charge in [0.15, 0.2) is 11.5 Å². The first kappa shape index (κ1) is 51.3. The first-order valence-corrected chi connectivity index (χ1v) is 26.1. The van der Waals surface area contributed by atoms with E-state index in [0.29, 0.717) is 65.9 Å². The molecule has 16 heteroatoms. The molecule has 5 aromatic rings. The van der Waals surface area contributed by atoms with E-state index in [1.165, 1.54) is 24.3 Å². The average molecular weight is 1020 g/mol. The van der Waals surface area contributed by atoms with Gasteiger partial charge >= 0.3 is 6.09 Å². The number of hydrogen-bond donors (Lipinski definition) is 2. The second-order valence-electron chi connectivity index (χ2n) is 19.6. The minimum absolute atomic E-state index is 0.0193. The quantitative estimate of drug-likeness (QED) is 0.0306. The zero-order chi connectivity index (χ0) is 51.7. The maximum absolute atomic E-state index is 15.3. The van der Waals surface area contributed by atoms with E-state index in [1.54, 1.807) is 17.0 Å². The average Bonchev–Trinajstić information content (AvgIpc) is 3.92. The van der Waals surface area contributed by atoms with Gasteiger partial charge in [0.05, 0.1) is 29.8 Å². The van der Waals surface area contributed by atoms with Gasteiger partial charge in [0, 0.05) is 56.2 Å². The van der Waals surface area contributed by atoms with E-state index in [0.717, 1.165) is 60.8 Å². The molecular weight excluding hydrogens is 959 g/mol. The number of nitrogens with zero attached hydrogens (tertiary/aromatic N) is 3. The summed E-state index contributed by atoms with van der Waals surface area (Å²) in [5.74, 6) is 0.265. The Kier molecular flexibility index (Phi) is 16.1. The number of fused-ring (bicyclic) bond motifs is 3. The molecule has 1 saturated heterocycles. The molecule has 75 heavy (non-hydrogen) atoms. The highest BCUT2D eigenvalue weighted by Crippen LogP contribution is 2.62. The molecule has 3 aliphatic heterocycles. The number of benzene rings is 5. The van der Waals surface area contributed by atoms with Crippen molar-refractivity contribution in [1.29, 1.82) is 0 Å². The van der Waals surface area contributed by atoms with Crippen LogP contribution in [0.3, 0.4) is 0 Å². The molecule has 7 unspecified atom stereocenters. The molecule has 1 saturated carbocycles. The summed E-state index contributed by atoms with van der Waals surface area (Å²) in [6, 6.07) is 33.8. The van der Waals surface area contributed by atoms with Crippen LogP contribution in [0.2, 0.25) is 0 Å². The molecule has 2 aliphatic carbocycles. The molecule has 392 valence electrons. The lowest BCUT2D eigenvalue weighted by Crippen LogP contribution is -2.70. The molecule has 2 fully saturated rings.